The van der Waals surface area contributed by atoms with Gasteiger partial charge in [0.05, 0.1) is 12.1 Å². The smallest absolute Gasteiger partial charge is 0.137 e. The first-order valence-electron chi connectivity index (χ1n) is 5.26. The molecular formula is C12H18ClNOS. The molecule has 0 saturated heterocycles. The second-order valence-corrected chi connectivity index (χ2v) is 4.63. The summed E-state index contributed by atoms with van der Waals surface area (Å²) in [4.78, 5) is 2.19. The third-order valence-electron chi connectivity index (χ3n) is 2.53. The topological polar surface area (TPSA) is 12.5 Å². The second kappa shape index (κ2) is 6.26. The fraction of sp³-hybridized carbons (Fsp3) is 0.500. The van der Waals surface area contributed by atoms with Crippen LogP contribution in [0.25, 0.3) is 0 Å². The summed E-state index contributed by atoms with van der Waals surface area (Å²) in [6.45, 7) is 3.04. The van der Waals surface area contributed by atoms with Gasteiger partial charge in [0.2, 0.25) is 0 Å². The molecule has 0 heterocycles. The molecular weight excluding hydrogens is 242 g/mol. The maximum Gasteiger partial charge on any atom is 0.137 e. The summed E-state index contributed by atoms with van der Waals surface area (Å²) >= 11 is 10.3. The Bertz CT molecular complexity index is 357. The van der Waals surface area contributed by atoms with Crippen LogP contribution in [0.2, 0.25) is 5.02 Å². The monoisotopic (exact) mass is 259 g/mol. The molecule has 0 fully saturated rings. The Morgan fingerprint density at radius 1 is 1.44 bits per heavy atom. The maximum atomic E-state index is 6.11. The molecule has 0 unspecified atom stereocenters. The van der Waals surface area contributed by atoms with Crippen LogP contribution in [0.4, 0.5) is 5.69 Å². The van der Waals surface area contributed by atoms with Gasteiger partial charge in [-0.05, 0) is 36.8 Å². The highest BCUT2D eigenvalue weighted by Crippen LogP contribution is 2.32. The van der Waals surface area contributed by atoms with Gasteiger partial charge in [-0.25, -0.2) is 0 Å². The van der Waals surface area contributed by atoms with Crippen molar-refractivity contribution in [3.8, 4) is 5.75 Å². The molecule has 0 radical (unpaired) electrons. The fourth-order valence-corrected chi connectivity index (χ4v) is 2.02. The molecule has 0 N–H and O–H groups in total. The van der Waals surface area contributed by atoms with E-state index in [1.807, 2.05) is 12.1 Å². The Hall–Kier alpha value is -0.540. The fourth-order valence-electron chi connectivity index (χ4n) is 1.64. The van der Waals surface area contributed by atoms with Crippen LogP contribution in [0.1, 0.15) is 12.0 Å². The summed E-state index contributed by atoms with van der Waals surface area (Å²) < 4.78 is 5.18. The number of hydrogen-bond acceptors (Lipinski definition) is 3. The number of aryl methyl sites for hydroxylation is 1. The Kier molecular flexibility index (Phi) is 5.29. The third kappa shape index (κ3) is 3.22. The van der Waals surface area contributed by atoms with Crippen LogP contribution in [0.5, 0.6) is 5.75 Å². The number of hydrogen-bond donors (Lipinski definition) is 1. The van der Waals surface area contributed by atoms with Gasteiger partial charge in [0.25, 0.3) is 0 Å². The number of thiol groups is 1. The van der Waals surface area contributed by atoms with Gasteiger partial charge in [0, 0.05) is 19.3 Å². The molecule has 0 aliphatic rings. The minimum Gasteiger partial charge on any atom is -0.495 e. The molecule has 4 heteroatoms. The van der Waals surface area contributed by atoms with E-state index >= 15 is 0 Å². The molecule has 0 bridgehead atoms. The molecule has 0 atom stereocenters. The first-order valence-corrected chi connectivity index (χ1v) is 6.27. The van der Waals surface area contributed by atoms with E-state index in [2.05, 4.69) is 31.5 Å². The van der Waals surface area contributed by atoms with Crippen molar-refractivity contribution < 1.29 is 4.74 Å². The van der Waals surface area contributed by atoms with Crippen LogP contribution in [-0.2, 0) is 0 Å². The van der Waals surface area contributed by atoms with Gasteiger partial charge in [-0.2, -0.15) is 12.6 Å². The molecule has 0 aromatic heterocycles. The van der Waals surface area contributed by atoms with E-state index in [1.165, 1.54) is 5.56 Å². The van der Waals surface area contributed by atoms with Crippen molar-refractivity contribution in [2.24, 2.45) is 0 Å². The highest BCUT2D eigenvalue weighted by Gasteiger charge is 2.09. The van der Waals surface area contributed by atoms with Crippen LogP contribution in [0.3, 0.4) is 0 Å². The van der Waals surface area contributed by atoms with Gasteiger partial charge in [0.1, 0.15) is 5.75 Å². The lowest BCUT2D eigenvalue weighted by atomic mass is 10.1. The van der Waals surface area contributed by atoms with Crippen LogP contribution in [0, 0.1) is 6.92 Å². The summed E-state index contributed by atoms with van der Waals surface area (Å²) in [5, 5.41) is 0.654. The van der Waals surface area contributed by atoms with E-state index in [0.29, 0.717) is 5.02 Å². The van der Waals surface area contributed by atoms with Crippen molar-refractivity contribution in [3.05, 3.63) is 22.7 Å². The average molecular weight is 260 g/mol. The van der Waals surface area contributed by atoms with Crippen LogP contribution >= 0.6 is 24.2 Å². The van der Waals surface area contributed by atoms with E-state index in [-0.39, 0.29) is 0 Å². The number of rotatable bonds is 5. The van der Waals surface area contributed by atoms with Gasteiger partial charge >= 0.3 is 0 Å². The van der Waals surface area contributed by atoms with Gasteiger partial charge < -0.3 is 9.64 Å². The predicted octanol–water partition coefficient (Wildman–Crippen LogP) is 3.41. The summed E-state index contributed by atoms with van der Waals surface area (Å²) in [6, 6.07) is 3.92. The molecule has 90 valence electrons. The summed E-state index contributed by atoms with van der Waals surface area (Å²) in [7, 11) is 3.69. The first-order chi connectivity index (χ1) is 7.60. The van der Waals surface area contributed by atoms with Crippen LogP contribution < -0.4 is 9.64 Å². The van der Waals surface area contributed by atoms with Gasteiger partial charge in [-0.15, -0.1) is 0 Å². The normalized spacial score (nSPS) is 10.3. The van der Waals surface area contributed by atoms with E-state index in [4.69, 9.17) is 16.3 Å². The SMILES string of the molecule is COc1cc(C)c(N(C)CCCS)cc1Cl. The molecule has 0 amide bonds. The number of nitrogens with zero attached hydrogens (tertiary/aromatic N) is 1. The molecule has 0 aliphatic carbocycles. The number of methoxy groups -OCH3 is 1. The lowest BCUT2D eigenvalue weighted by Gasteiger charge is -2.22. The number of ether oxygens (including phenoxy) is 1. The zero-order valence-electron chi connectivity index (χ0n) is 9.96. The van der Waals surface area contributed by atoms with Crippen molar-refractivity contribution in [3.63, 3.8) is 0 Å². The molecule has 16 heavy (non-hydrogen) atoms. The number of anilines is 1. The van der Waals surface area contributed by atoms with E-state index in [1.54, 1.807) is 7.11 Å². The Balaban J connectivity index is 2.92. The van der Waals surface area contributed by atoms with Crippen LogP contribution in [0.15, 0.2) is 12.1 Å². The van der Waals surface area contributed by atoms with E-state index in [9.17, 15) is 0 Å². The molecule has 0 spiro atoms. The quantitative estimate of drug-likeness (QED) is 0.814. The minimum atomic E-state index is 0.654. The minimum absolute atomic E-state index is 0.654. The highest BCUT2D eigenvalue weighted by molar-refractivity contribution is 7.80. The summed E-state index contributed by atoms with van der Waals surface area (Å²) in [6.07, 6.45) is 1.06. The molecule has 1 rings (SSSR count). The molecule has 1 aromatic carbocycles. The van der Waals surface area contributed by atoms with Crippen LogP contribution in [-0.4, -0.2) is 26.5 Å². The zero-order valence-corrected chi connectivity index (χ0v) is 11.6. The van der Waals surface area contributed by atoms with Gasteiger partial charge in [-0.1, -0.05) is 11.6 Å². The number of benzene rings is 1. The lowest BCUT2D eigenvalue weighted by Crippen LogP contribution is -2.19. The Morgan fingerprint density at radius 3 is 2.69 bits per heavy atom. The number of halogens is 1. The Morgan fingerprint density at radius 2 is 2.12 bits per heavy atom. The summed E-state index contributed by atoms with van der Waals surface area (Å²) in [5.41, 5.74) is 2.32. The molecule has 0 saturated carbocycles. The molecule has 1 aromatic rings. The average Bonchev–Trinajstić information content (AvgIpc) is 2.28. The van der Waals surface area contributed by atoms with Gasteiger partial charge in [-0.3, -0.25) is 0 Å². The standard InChI is InChI=1S/C12H18ClNOS/c1-9-7-12(15-3)10(13)8-11(9)14(2)5-4-6-16/h7-8,16H,4-6H2,1-3H3. The van der Waals surface area contributed by atoms with Crippen molar-refractivity contribution >= 4 is 29.9 Å². The molecule has 0 aliphatic heterocycles. The maximum absolute atomic E-state index is 6.11. The van der Waals surface area contributed by atoms with E-state index in [0.717, 1.165) is 30.2 Å². The lowest BCUT2D eigenvalue weighted by molar-refractivity contribution is 0.414. The summed E-state index contributed by atoms with van der Waals surface area (Å²) in [5.74, 6) is 1.62. The predicted molar refractivity (Wildman–Crippen MR) is 74.5 cm³/mol. The first kappa shape index (κ1) is 13.5. The van der Waals surface area contributed by atoms with Crippen molar-refractivity contribution in [2.45, 2.75) is 13.3 Å². The van der Waals surface area contributed by atoms with Crippen molar-refractivity contribution in [2.75, 3.05) is 31.4 Å². The third-order valence-corrected chi connectivity index (χ3v) is 3.14. The zero-order chi connectivity index (χ0) is 12.1. The molecule has 2 nitrogen and oxygen atoms in total. The largest absolute Gasteiger partial charge is 0.495 e. The second-order valence-electron chi connectivity index (χ2n) is 3.77. The van der Waals surface area contributed by atoms with Crippen molar-refractivity contribution in [1.29, 1.82) is 0 Å². The van der Waals surface area contributed by atoms with E-state index < -0.39 is 0 Å². The Labute approximate surface area is 108 Å². The highest BCUT2D eigenvalue weighted by atomic mass is 35.5. The van der Waals surface area contributed by atoms with Crippen molar-refractivity contribution in [1.82, 2.24) is 0 Å². The van der Waals surface area contributed by atoms with Gasteiger partial charge in [0.15, 0.2) is 0 Å².